The highest BCUT2D eigenvalue weighted by molar-refractivity contribution is 6.32. The van der Waals surface area contributed by atoms with E-state index in [0.717, 1.165) is 27.9 Å². The van der Waals surface area contributed by atoms with E-state index in [0.29, 0.717) is 16.1 Å². The number of rotatable bonds is 4. The molecule has 2 aromatic heterocycles. The molecule has 0 aliphatic carbocycles. The normalized spacial score (nSPS) is 11.2. The number of anilines is 1. The van der Waals surface area contributed by atoms with Gasteiger partial charge in [0.25, 0.3) is 0 Å². The lowest BCUT2D eigenvalue weighted by Gasteiger charge is -2.14. The fraction of sp³-hybridized carbons (Fsp3) is 0.0769. The Bertz CT molecular complexity index is 1460. The van der Waals surface area contributed by atoms with Crippen LogP contribution in [0.4, 0.5) is 5.82 Å². The van der Waals surface area contributed by atoms with Gasteiger partial charge >= 0.3 is 5.97 Å². The maximum Gasteiger partial charge on any atom is 0.342 e. The molecule has 0 saturated heterocycles. The third-order valence-corrected chi connectivity index (χ3v) is 5.68. The van der Waals surface area contributed by atoms with Crippen LogP contribution in [0, 0.1) is 0 Å². The maximum atomic E-state index is 13.0. The highest BCUT2D eigenvalue weighted by Crippen LogP contribution is 2.39. The third-order valence-electron chi connectivity index (χ3n) is 5.44. The van der Waals surface area contributed by atoms with E-state index >= 15 is 0 Å². The number of carbonyl (C=O) groups excluding carboxylic acids is 1. The smallest absolute Gasteiger partial charge is 0.342 e. The number of pyridine rings is 1. The van der Waals surface area contributed by atoms with Crippen molar-refractivity contribution < 1.29 is 9.53 Å². The molecule has 5 nitrogen and oxygen atoms in total. The average molecular weight is 442 g/mol. The van der Waals surface area contributed by atoms with Gasteiger partial charge < -0.3 is 10.5 Å². The molecule has 0 aliphatic rings. The van der Waals surface area contributed by atoms with Crippen molar-refractivity contribution in [1.29, 1.82) is 0 Å². The zero-order valence-corrected chi connectivity index (χ0v) is 18.1. The number of carbonyl (C=O) groups is 1. The fourth-order valence-corrected chi connectivity index (χ4v) is 4.25. The van der Waals surface area contributed by atoms with Crippen LogP contribution in [0.25, 0.3) is 38.9 Å². The van der Waals surface area contributed by atoms with E-state index in [1.165, 1.54) is 0 Å². The van der Waals surface area contributed by atoms with Crippen LogP contribution >= 0.6 is 11.6 Å². The molecule has 0 spiro atoms. The first kappa shape index (κ1) is 20.1. The Balaban J connectivity index is 1.99. The molecule has 158 valence electrons. The largest absolute Gasteiger partial charge is 0.462 e. The van der Waals surface area contributed by atoms with Gasteiger partial charge in [-0.2, -0.15) is 0 Å². The summed E-state index contributed by atoms with van der Waals surface area (Å²) in [6.07, 6.45) is 0. The molecule has 0 amide bonds. The van der Waals surface area contributed by atoms with Gasteiger partial charge in [-0.3, -0.25) is 4.40 Å². The zero-order valence-electron chi connectivity index (χ0n) is 17.4. The van der Waals surface area contributed by atoms with E-state index in [4.69, 9.17) is 27.1 Å². The van der Waals surface area contributed by atoms with Crippen molar-refractivity contribution >= 4 is 39.8 Å². The second-order valence-electron chi connectivity index (χ2n) is 7.37. The van der Waals surface area contributed by atoms with Gasteiger partial charge in [-0.25, -0.2) is 9.78 Å². The molecule has 0 aliphatic heterocycles. The van der Waals surface area contributed by atoms with E-state index in [2.05, 4.69) is 0 Å². The van der Waals surface area contributed by atoms with Gasteiger partial charge in [-0.15, -0.1) is 0 Å². The van der Waals surface area contributed by atoms with Crippen LogP contribution in [-0.2, 0) is 4.74 Å². The zero-order chi connectivity index (χ0) is 22.2. The summed E-state index contributed by atoms with van der Waals surface area (Å²) in [6, 6.07) is 25.2. The Morgan fingerprint density at radius 2 is 1.62 bits per heavy atom. The molecular weight excluding hydrogens is 422 g/mol. The van der Waals surface area contributed by atoms with Crippen LogP contribution < -0.4 is 5.73 Å². The number of benzene rings is 3. The number of hydrogen-bond donors (Lipinski definition) is 1. The van der Waals surface area contributed by atoms with Crippen molar-refractivity contribution in [3.8, 4) is 22.5 Å². The molecule has 0 atom stereocenters. The Morgan fingerprint density at radius 1 is 0.969 bits per heavy atom. The number of imidazole rings is 1. The summed E-state index contributed by atoms with van der Waals surface area (Å²) in [7, 11) is 0. The van der Waals surface area contributed by atoms with Crippen molar-refractivity contribution in [2.24, 2.45) is 0 Å². The van der Waals surface area contributed by atoms with Crippen molar-refractivity contribution in [3.63, 3.8) is 0 Å². The fourth-order valence-electron chi connectivity index (χ4n) is 4.08. The molecule has 0 unspecified atom stereocenters. The second-order valence-corrected chi connectivity index (χ2v) is 7.81. The van der Waals surface area contributed by atoms with Gasteiger partial charge in [-0.05, 0) is 25.1 Å². The predicted octanol–water partition coefficient (Wildman–Crippen LogP) is 6.23. The maximum absolute atomic E-state index is 13.0. The number of fused-ring (bicyclic) bond motifs is 3. The molecule has 0 bridgehead atoms. The minimum atomic E-state index is -0.492. The summed E-state index contributed by atoms with van der Waals surface area (Å²) >= 11 is 6.28. The Morgan fingerprint density at radius 3 is 2.28 bits per heavy atom. The van der Waals surface area contributed by atoms with E-state index in [9.17, 15) is 4.79 Å². The number of halogens is 1. The average Bonchev–Trinajstić information content (AvgIpc) is 3.21. The van der Waals surface area contributed by atoms with Gasteiger partial charge in [0.1, 0.15) is 17.0 Å². The molecule has 2 N–H and O–H groups in total. The van der Waals surface area contributed by atoms with E-state index in [1.54, 1.807) is 19.1 Å². The molecule has 0 radical (unpaired) electrons. The van der Waals surface area contributed by atoms with E-state index in [-0.39, 0.29) is 18.0 Å². The minimum Gasteiger partial charge on any atom is -0.462 e. The lowest BCUT2D eigenvalue weighted by atomic mass is 10.0. The SMILES string of the molecule is CCOC(=O)c1c(N)n2c(-c3ccccc3)c(-c3ccccc3)nc2c2ccc(Cl)cc12. The van der Waals surface area contributed by atoms with Gasteiger partial charge in [0.2, 0.25) is 0 Å². The van der Waals surface area contributed by atoms with Crippen LogP contribution in [0.3, 0.4) is 0 Å². The Hall–Kier alpha value is -3.83. The number of ether oxygens (including phenoxy) is 1. The first-order valence-electron chi connectivity index (χ1n) is 10.3. The number of aromatic nitrogens is 2. The third kappa shape index (κ3) is 3.18. The van der Waals surface area contributed by atoms with Crippen LogP contribution in [0.5, 0.6) is 0 Å². The van der Waals surface area contributed by atoms with Gasteiger partial charge in [-0.1, -0.05) is 72.3 Å². The monoisotopic (exact) mass is 441 g/mol. The molecule has 32 heavy (non-hydrogen) atoms. The highest BCUT2D eigenvalue weighted by Gasteiger charge is 2.25. The lowest BCUT2D eigenvalue weighted by Crippen LogP contribution is -2.13. The van der Waals surface area contributed by atoms with Crippen molar-refractivity contribution in [2.45, 2.75) is 6.92 Å². The number of nitrogen functional groups attached to an aromatic ring is 1. The van der Waals surface area contributed by atoms with Gasteiger partial charge in [0.15, 0.2) is 0 Å². The molecule has 5 aromatic rings. The first-order valence-corrected chi connectivity index (χ1v) is 10.7. The van der Waals surface area contributed by atoms with Crippen LogP contribution in [0.2, 0.25) is 5.02 Å². The quantitative estimate of drug-likeness (QED) is 0.335. The number of nitrogens with two attached hydrogens (primary N) is 1. The second kappa shape index (κ2) is 8.02. The predicted molar refractivity (Wildman–Crippen MR) is 129 cm³/mol. The van der Waals surface area contributed by atoms with E-state index < -0.39 is 5.97 Å². The molecule has 6 heteroatoms. The summed E-state index contributed by atoms with van der Waals surface area (Å²) in [5.74, 6) is -0.227. The van der Waals surface area contributed by atoms with Crippen LogP contribution in [0.1, 0.15) is 17.3 Å². The van der Waals surface area contributed by atoms with Crippen molar-refractivity contribution in [1.82, 2.24) is 9.38 Å². The molecule has 5 rings (SSSR count). The number of nitrogens with zero attached hydrogens (tertiary/aromatic N) is 2. The molecule has 0 saturated carbocycles. The highest BCUT2D eigenvalue weighted by atomic mass is 35.5. The molecular formula is C26H20ClN3O2. The summed E-state index contributed by atoms with van der Waals surface area (Å²) in [4.78, 5) is 18.0. The summed E-state index contributed by atoms with van der Waals surface area (Å²) in [5.41, 5.74) is 11.1. The van der Waals surface area contributed by atoms with Crippen LogP contribution in [0.15, 0.2) is 78.9 Å². The first-order chi connectivity index (χ1) is 15.6. The number of hydrogen-bond acceptors (Lipinski definition) is 4. The topological polar surface area (TPSA) is 69.6 Å². The van der Waals surface area contributed by atoms with Gasteiger partial charge in [0, 0.05) is 26.9 Å². The lowest BCUT2D eigenvalue weighted by molar-refractivity contribution is 0.0529. The standard InChI is InChI=1S/C26H20ClN3O2/c1-2-32-26(31)21-20-15-18(27)13-14-19(20)25-29-22(16-9-5-3-6-10-16)23(30(25)24(21)28)17-11-7-4-8-12-17/h3-15H,2,28H2,1H3. The number of esters is 1. The van der Waals surface area contributed by atoms with Crippen molar-refractivity contribution in [3.05, 3.63) is 89.4 Å². The Kier molecular flexibility index (Phi) is 5.04. The molecule has 2 heterocycles. The Labute approximate surface area is 190 Å². The van der Waals surface area contributed by atoms with E-state index in [1.807, 2.05) is 71.1 Å². The van der Waals surface area contributed by atoms with Crippen LogP contribution in [-0.4, -0.2) is 22.0 Å². The summed E-state index contributed by atoms with van der Waals surface area (Å²) in [5, 5.41) is 1.89. The summed E-state index contributed by atoms with van der Waals surface area (Å²) < 4.78 is 7.19. The molecule has 0 fully saturated rings. The summed E-state index contributed by atoms with van der Waals surface area (Å²) in [6.45, 7) is 2.00. The molecule has 3 aromatic carbocycles. The van der Waals surface area contributed by atoms with Gasteiger partial charge in [0.05, 0.1) is 18.0 Å². The minimum absolute atomic E-state index is 0.239. The van der Waals surface area contributed by atoms with Crippen molar-refractivity contribution in [2.75, 3.05) is 12.3 Å².